The number of benzene rings is 1. The van der Waals surface area contributed by atoms with Gasteiger partial charge in [-0.05, 0) is 37.5 Å². The lowest BCUT2D eigenvalue weighted by molar-refractivity contribution is 0.0898. The highest BCUT2D eigenvalue weighted by atomic mass is 16.5. The predicted molar refractivity (Wildman–Crippen MR) is 87.7 cm³/mol. The van der Waals surface area contributed by atoms with E-state index in [0.29, 0.717) is 12.0 Å². The van der Waals surface area contributed by atoms with Crippen LogP contribution in [-0.4, -0.2) is 19.2 Å². The molecule has 3 heteroatoms. The van der Waals surface area contributed by atoms with Crippen molar-refractivity contribution in [3.63, 3.8) is 0 Å². The minimum absolute atomic E-state index is 0.242. The van der Waals surface area contributed by atoms with Crippen LogP contribution in [0.3, 0.4) is 0 Å². The molecule has 1 aromatic carbocycles. The van der Waals surface area contributed by atoms with Crippen molar-refractivity contribution in [2.45, 2.75) is 38.3 Å². The van der Waals surface area contributed by atoms with E-state index in [4.69, 9.17) is 9.15 Å². The Morgan fingerprint density at radius 2 is 2.05 bits per heavy atom. The van der Waals surface area contributed by atoms with Crippen LogP contribution in [0, 0.1) is 5.92 Å². The molecule has 3 rings (SSSR count). The first-order valence-corrected chi connectivity index (χ1v) is 8.25. The zero-order valence-corrected chi connectivity index (χ0v) is 13.2. The Kier molecular flexibility index (Phi) is 5.30. The number of hydrogen-bond donors (Lipinski definition) is 1. The minimum Gasteiger partial charge on any atom is -0.469 e. The monoisotopic (exact) mass is 299 g/mol. The lowest BCUT2D eigenvalue weighted by Gasteiger charge is -2.22. The topological polar surface area (TPSA) is 34.4 Å². The maximum absolute atomic E-state index is 5.95. The van der Waals surface area contributed by atoms with E-state index in [2.05, 4.69) is 42.6 Å². The van der Waals surface area contributed by atoms with Gasteiger partial charge in [0.2, 0.25) is 0 Å². The zero-order chi connectivity index (χ0) is 15.2. The third kappa shape index (κ3) is 3.99. The quantitative estimate of drug-likeness (QED) is 0.840. The largest absolute Gasteiger partial charge is 0.469 e. The molecule has 1 saturated heterocycles. The van der Waals surface area contributed by atoms with Crippen molar-refractivity contribution in [1.82, 2.24) is 5.32 Å². The molecule has 0 unspecified atom stereocenters. The highest BCUT2D eigenvalue weighted by Crippen LogP contribution is 2.33. The average molecular weight is 299 g/mol. The normalized spacial score (nSPS) is 22.8. The molecule has 1 N–H and O–H groups in total. The van der Waals surface area contributed by atoms with Crippen molar-refractivity contribution < 1.29 is 9.15 Å². The van der Waals surface area contributed by atoms with Gasteiger partial charge in [0, 0.05) is 31.5 Å². The Labute approximate surface area is 132 Å². The van der Waals surface area contributed by atoms with Crippen molar-refractivity contribution in [2.24, 2.45) is 5.92 Å². The highest BCUT2D eigenvalue weighted by molar-refractivity contribution is 5.19. The van der Waals surface area contributed by atoms with Crippen LogP contribution < -0.4 is 5.32 Å². The van der Waals surface area contributed by atoms with Gasteiger partial charge in [-0.15, -0.1) is 0 Å². The van der Waals surface area contributed by atoms with Crippen molar-refractivity contribution in [3.05, 3.63) is 60.1 Å². The number of hydrogen-bond acceptors (Lipinski definition) is 3. The van der Waals surface area contributed by atoms with Gasteiger partial charge in [0.05, 0.1) is 12.4 Å². The minimum atomic E-state index is 0.242. The van der Waals surface area contributed by atoms with E-state index in [0.717, 1.165) is 38.2 Å². The van der Waals surface area contributed by atoms with Gasteiger partial charge in [-0.2, -0.15) is 0 Å². The standard InChI is InChI=1S/C19H25NO2/c1-15(9-10-18-8-5-12-21-18)20-14-17-11-13-22-19(17)16-6-3-2-4-7-16/h2-8,12,15,17,19-20H,9-11,13-14H2,1H3/t15-,17+,19+/m0/s1. The first-order chi connectivity index (χ1) is 10.8. The molecule has 1 aliphatic heterocycles. The van der Waals surface area contributed by atoms with Crippen molar-refractivity contribution in [2.75, 3.05) is 13.2 Å². The van der Waals surface area contributed by atoms with E-state index in [-0.39, 0.29) is 6.10 Å². The molecule has 118 valence electrons. The van der Waals surface area contributed by atoms with Crippen LogP contribution in [0.4, 0.5) is 0 Å². The summed E-state index contributed by atoms with van der Waals surface area (Å²) in [5.74, 6) is 1.63. The van der Waals surface area contributed by atoms with E-state index in [9.17, 15) is 0 Å². The second-order valence-corrected chi connectivity index (χ2v) is 6.18. The Bertz CT molecular complexity index is 538. The van der Waals surface area contributed by atoms with E-state index in [1.54, 1.807) is 6.26 Å². The molecule has 1 fully saturated rings. The molecule has 0 aliphatic carbocycles. The summed E-state index contributed by atoms with van der Waals surface area (Å²) in [5, 5.41) is 3.67. The zero-order valence-electron chi connectivity index (χ0n) is 13.2. The molecule has 1 aliphatic rings. The SMILES string of the molecule is C[C@@H](CCc1ccco1)NC[C@H]1CCO[C@@H]1c1ccccc1. The van der Waals surface area contributed by atoms with Crippen LogP contribution in [-0.2, 0) is 11.2 Å². The van der Waals surface area contributed by atoms with Crippen LogP contribution in [0.25, 0.3) is 0 Å². The van der Waals surface area contributed by atoms with Crippen molar-refractivity contribution in [1.29, 1.82) is 0 Å². The van der Waals surface area contributed by atoms with Crippen molar-refractivity contribution in [3.8, 4) is 0 Å². The fourth-order valence-corrected chi connectivity index (χ4v) is 3.12. The molecule has 0 radical (unpaired) electrons. The van der Waals surface area contributed by atoms with E-state index >= 15 is 0 Å². The molecule has 2 heterocycles. The molecule has 2 aromatic rings. The van der Waals surface area contributed by atoms with Crippen LogP contribution in [0.2, 0.25) is 0 Å². The third-order valence-corrected chi connectivity index (χ3v) is 4.47. The molecular formula is C19H25NO2. The summed E-state index contributed by atoms with van der Waals surface area (Å²) in [4.78, 5) is 0. The van der Waals surface area contributed by atoms with Gasteiger partial charge in [0.1, 0.15) is 5.76 Å². The molecule has 3 atom stereocenters. The lowest BCUT2D eigenvalue weighted by atomic mass is 9.95. The Hall–Kier alpha value is -1.58. The summed E-state index contributed by atoms with van der Waals surface area (Å²) in [6.07, 6.45) is 5.21. The van der Waals surface area contributed by atoms with Gasteiger partial charge >= 0.3 is 0 Å². The van der Waals surface area contributed by atoms with E-state index < -0.39 is 0 Å². The van der Waals surface area contributed by atoms with Gasteiger partial charge < -0.3 is 14.5 Å². The molecule has 0 spiro atoms. The van der Waals surface area contributed by atoms with Crippen LogP contribution >= 0.6 is 0 Å². The molecule has 3 nitrogen and oxygen atoms in total. The Balaban J connectivity index is 1.46. The van der Waals surface area contributed by atoms with Gasteiger partial charge in [-0.3, -0.25) is 0 Å². The summed E-state index contributed by atoms with van der Waals surface area (Å²) in [6, 6.07) is 15.1. The summed E-state index contributed by atoms with van der Waals surface area (Å²) in [7, 11) is 0. The second kappa shape index (κ2) is 7.61. The number of furan rings is 1. The molecule has 0 bridgehead atoms. The Morgan fingerprint density at radius 3 is 2.82 bits per heavy atom. The summed E-state index contributed by atoms with van der Waals surface area (Å²) in [6.45, 7) is 4.13. The fourth-order valence-electron chi connectivity index (χ4n) is 3.12. The molecule has 0 amide bonds. The van der Waals surface area contributed by atoms with E-state index in [1.165, 1.54) is 5.56 Å². The first kappa shape index (κ1) is 15.3. The number of aryl methyl sites for hydroxylation is 1. The third-order valence-electron chi connectivity index (χ3n) is 4.47. The molecular weight excluding hydrogens is 274 g/mol. The average Bonchev–Trinajstić information content (AvgIpc) is 3.23. The molecule has 1 aromatic heterocycles. The second-order valence-electron chi connectivity index (χ2n) is 6.18. The van der Waals surface area contributed by atoms with Gasteiger partial charge in [0.15, 0.2) is 0 Å². The first-order valence-electron chi connectivity index (χ1n) is 8.25. The van der Waals surface area contributed by atoms with Crippen LogP contribution in [0.5, 0.6) is 0 Å². The smallest absolute Gasteiger partial charge is 0.103 e. The van der Waals surface area contributed by atoms with Gasteiger partial charge in [-0.1, -0.05) is 30.3 Å². The summed E-state index contributed by atoms with van der Waals surface area (Å²) < 4.78 is 11.3. The van der Waals surface area contributed by atoms with E-state index in [1.807, 2.05) is 12.1 Å². The summed E-state index contributed by atoms with van der Waals surface area (Å²) >= 11 is 0. The van der Waals surface area contributed by atoms with Crippen molar-refractivity contribution >= 4 is 0 Å². The van der Waals surface area contributed by atoms with Gasteiger partial charge in [-0.25, -0.2) is 0 Å². The summed E-state index contributed by atoms with van der Waals surface area (Å²) in [5.41, 5.74) is 1.30. The fraction of sp³-hybridized carbons (Fsp3) is 0.474. The maximum Gasteiger partial charge on any atom is 0.103 e. The Morgan fingerprint density at radius 1 is 1.18 bits per heavy atom. The molecule has 22 heavy (non-hydrogen) atoms. The predicted octanol–water partition coefficient (Wildman–Crippen LogP) is 3.97. The van der Waals surface area contributed by atoms with Gasteiger partial charge in [0.25, 0.3) is 0 Å². The molecule has 0 saturated carbocycles. The maximum atomic E-state index is 5.95. The lowest BCUT2D eigenvalue weighted by Crippen LogP contribution is -2.32. The highest BCUT2D eigenvalue weighted by Gasteiger charge is 2.29. The number of nitrogens with one attached hydrogen (secondary N) is 1. The van der Waals surface area contributed by atoms with Crippen LogP contribution in [0.15, 0.2) is 53.1 Å². The van der Waals surface area contributed by atoms with Crippen LogP contribution in [0.1, 0.15) is 37.2 Å². The number of ether oxygens (including phenoxy) is 1. The number of rotatable bonds is 7.